The predicted octanol–water partition coefficient (Wildman–Crippen LogP) is 1.62. The fourth-order valence-electron chi connectivity index (χ4n) is 1.14. The molecule has 0 aliphatic carbocycles. The van der Waals surface area contributed by atoms with Gasteiger partial charge in [0.1, 0.15) is 6.04 Å². The molecule has 88 valence electrons. The third-order valence-corrected chi connectivity index (χ3v) is 2.02. The fraction of sp³-hybridized carbons (Fsp3) is 0.462. The Hall–Kier alpha value is -1.53. The first-order valence-corrected chi connectivity index (χ1v) is 5.16. The minimum atomic E-state index is -0.286. The van der Waals surface area contributed by atoms with Crippen LogP contribution in [0, 0.1) is 12.3 Å². The zero-order valence-electron chi connectivity index (χ0n) is 9.98. The van der Waals surface area contributed by atoms with E-state index in [9.17, 15) is 4.79 Å². The lowest BCUT2D eigenvalue weighted by atomic mass is 10.1. The number of allylic oxidation sites excluding steroid dienone is 2. The summed E-state index contributed by atoms with van der Waals surface area (Å²) in [6.45, 7) is 3.64. The Bertz CT molecular complexity index is 287. The number of hydrogen-bond donors (Lipinski definition) is 0. The Morgan fingerprint density at radius 2 is 2.25 bits per heavy atom. The van der Waals surface area contributed by atoms with Gasteiger partial charge in [-0.3, -0.25) is 9.69 Å². The summed E-state index contributed by atoms with van der Waals surface area (Å²) in [5.74, 6) is 1.99. The lowest BCUT2D eigenvalue weighted by Crippen LogP contribution is -2.36. The van der Waals surface area contributed by atoms with Crippen LogP contribution < -0.4 is 0 Å². The fourth-order valence-corrected chi connectivity index (χ4v) is 1.14. The van der Waals surface area contributed by atoms with Crippen LogP contribution in [0.15, 0.2) is 24.8 Å². The standard InChI is InChI=1S/C13H19NO2/c1-5-7-8-9-10-12(14(3)4)13(15)16-11-6-2/h2,5,8-9,12H,1,7,10-11H2,3-4H3. The van der Waals surface area contributed by atoms with Crippen molar-refractivity contribution in [2.45, 2.75) is 18.9 Å². The number of terminal acetylenes is 1. The topological polar surface area (TPSA) is 29.5 Å². The maximum absolute atomic E-state index is 11.6. The van der Waals surface area contributed by atoms with E-state index in [4.69, 9.17) is 11.2 Å². The molecule has 0 fully saturated rings. The highest BCUT2D eigenvalue weighted by molar-refractivity contribution is 5.76. The third kappa shape index (κ3) is 6.05. The zero-order chi connectivity index (χ0) is 12.4. The van der Waals surface area contributed by atoms with Gasteiger partial charge in [0.25, 0.3) is 0 Å². The summed E-state index contributed by atoms with van der Waals surface area (Å²) in [4.78, 5) is 13.4. The molecule has 0 aromatic heterocycles. The van der Waals surface area contributed by atoms with Crippen LogP contribution in [0.25, 0.3) is 0 Å². The number of carbonyl (C=O) groups is 1. The smallest absolute Gasteiger partial charge is 0.324 e. The van der Waals surface area contributed by atoms with Crippen molar-refractivity contribution in [1.82, 2.24) is 4.90 Å². The highest BCUT2D eigenvalue weighted by Crippen LogP contribution is 2.04. The van der Waals surface area contributed by atoms with E-state index in [1.807, 2.05) is 31.1 Å². The van der Waals surface area contributed by atoms with Crippen molar-refractivity contribution in [3.05, 3.63) is 24.8 Å². The Balaban J connectivity index is 4.21. The Morgan fingerprint density at radius 3 is 2.75 bits per heavy atom. The molecule has 3 nitrogen and oxygen atoms in total. The number of likely N-dealkylation sites (N-methyl/N-ethyl adjacent to an activating group) is 1. The van der Waals surface area contributed by atoms with Gasteiger partial charge in [0.15, 0.2) is 6.61 Å². The molecule has 0 rings (SSSR count). The van der Waals surface area contributed by atoms with E-state index in [1.54, 1.807) is 6.08 Å². The Kier molecular flexibility index (Phi) is 7.92. The number of hydrogen-bond acceptors (Lipinski definition) is 3. The molecule has 0 heterocycles. The summed E-state index contributed by atoms with van der Waals surface area (Å²) in [6, 6.07) is -0.283. The average molecular weight is 221 g/mol. The lowest BCUT2D eigenvalue weighted by Gasteiger charge is -2.20. The van der Waals surface area contributed by atoms with Crippen molar-refractivity contribution in [3.63, 3.8) is 0 Å². The van der Waals surface area contributed by atoms with Gasteiger partial charge in [0.2, 0.25) is 0 Å². The monoisotopic (exact) mass is 221 g/mol. The van der Waals surface area contributed by atoms with Crippen LogP contribution >= 0.6 is 0 Å². The molecule has 0 amide bonds. The molecule has 0 aliphatic heterocycles. The molecule has 1 unspecified atom stereocenters. The summed E-state index contributed by atoms with van der Waals surface area (Å²) in [7, 11) is 3.67. The van der Waals surface area contributed by atoms with E-state index >= 15 is 0 Å². The van der Waals surface area contributed by atoms with E-state index in [0.717, 1.165) is 6.42 Å². The molecule has 16 heavy (non-hydrogen) atoms. The van der Waals surface area contributed by atoms with Crippen LogP contribution in [0.1, 0.15) is 12.8 Å². The predicted molar refractivity (Wildman–Crippen MR) is 65.8 cm³/mol. The quantitative estimate of drug-likeness (QED) is 0.371. The zero-order valence-corrected chi connectivity index (χ0v) is 9.98. The average Bonchev–Trinajstić information content (AvgIpc) is 2.25. The van der Waals surface area contributed by atoms with Gasteiger partial charge in [0, 0.05) is 0 Å². The maximum Gasteiger partial charge on any atom is 0.324 e. The van der Waals surface area contributed by atoms with Crippen LogP contribution in [0.4, 0.5) is 0 Å². The number of ether oxygens (including phenoxy) is 1. The Morgan fingerprint density at radius 1 is 1.56 bits per heavy atom. The minimum Gasteiger partial charge on any atom is -0.451 e. The third-order valence-electron chi connectivity index (χ3n) is 2.02. The van der Waals surface area contributed by atoms with E-state index in [1.165, 1.54) is 0 Å². The summed E-state index contributed by atoms with van der Waals surface area (Å²) in [5, 5.41) is 0. The summed E-state index contributed by atoms with van der Waals surface area (Å²) in [6.07, 6.45) is 12.2. The summed E-state index contributed by atoms with van der Waals surface area (Å²) < 4.78 is 4.90. The number of esters is 1. The van der Waals surface area contributed by atoms with Gasteiger partial charge in [0.05, 0.1) is 0 Å². The molecule has 1 atom stereocenters. The summed E-state index contributed by atoms with van der Waals surface area (Å²) >= 11 is 0. The first-order chi connectivity index (χ1) is 7.63. The Labute approximate surface area is 97.8 Å². The van der Waals surface area contributed by atoms with Crippen molar-refractivity contribution < 1.29 is 9.53 Å². The molecule has 0 spiro atoms. The van der Waals surface area contributed by atoms with Crippen LogP contribution in [0.5, 0.6) is 0 Å². The lowest BCUT2D eigenvalue weighted by molar-refractivity contribution is -0.147. The van der Waals surface area contributed by atoms with Gasteiger partial charge >= 0.3 is 5.97 Å². The maximum atomic E-state index is 11.6. The second-order valence-electron chi connectivity index (χ2n) is 3.52. The normalized spacial score (nSPS) is 12.4. The largest absolute Gasteiger partial charge is 0.451 e. The van der Waals surface area contributed by atoms with Gasteiger partial charge in [-0.25, -0.2) is 0 Å². The van der Waals surface area contributed by atoms with Crippen molar-refractivity contribution >= 4 is 5.97 Å². The SMILES string of the molecule is C#CCOC(=O)C(CC=CCC=C)N(C)C. The molecule has 3 heteroatoms. The number of nitrogens with zero attached hydrogens (tertiary/aromatic N) is 1. The van der Waals surface area contributed by atoms with Crippen molar-refractivity contribution in [3.8, 4) is 12.3 Å². The van der Waals surface area contributed by atoms with Crippen LogP contribution in [0.3, 0.4) is 0 Å². The van der Waals surface area contributed by atoms with Crippen molar-refractivity contribution in [2.24, 2.45) is 0 Å². The van der Waals surface area contributed by atoms with Gasteiger partial charge in [-0.05, 0) is 26.9 Å². The highest BCUT2D eigenvalue weighted by atomic mass is 16.5. The van der Waals surface area contributed by atoms with Gasteiger partial charge < -0.3 is 4.74 Å². The van der Waals surface area contributed by atoms with Crippen LogP contribution in [-0.2, 0) is 9.53 Å². The number of carbonyl (C=O) groups excluding carboxylic acids is 1. The molecule has 0 aliphatic rings. The second-order valence-corrected chi connectivity index (χ2v) is 3.52. The molecular weight excluding hydrogens is 202 g/mol. The molecule has 0 saturated heterocycles. The van der Waals surface area contributed by atoms with Crippen LogP contribution in [0.2, 0.25) is 0 Å². The molecule has 0 radical (unpaired) electrons. The first kappa shape index (κ1) is 14.5. The number of rotatable bonds is 7. The molecule has 0 N–H and O–H groups in total. The van der Waals surface area contributed by atoms with E-state index in [0.29, 0.717) is 6.42 Å². The minimum absolute atomic E-state index is 0.0273. The molecule has 0 bridgehead atoms. The van der Waals surface area contributed by atoms with E-state index in [2.05, 4.69) is 12.5 Å². The van der Waals surface area contributed by atoms with E-state index < -0.39 is 0 Å². The summed E-state index contributed by atoms with van der Waals surface area (Å²) in [5.41, 5.74) is 0. The van der Waals surface area contributed by atoms with Crippen molar-refractivity contribution in [1.29, 1.82) is 0 Å². The van der Waals surface area contributed by atoms with Crippen molar-refractivity contribution in [2.75, 3.05) is 20.7 Å². The molecular formula is C13H19NO2. The van der Waals surface area contributed by atoms with E-state index in [-0.39, 0.29) is 18.6 Å². The van der Waals surface area contributed by atoms with Gasteiger partial charge in [-0.1, -0.05) is 24.1 Å². The first-order valence-electron chi connectivity index (χ1n) is 5.16. The van der Waals surface area contributed by atoms with Gasteiger partial charge in [-0.2, -0.15) is 0 Å². The second kappa shape index (κ2) is 8.75. The van der Waals surface area contributed by atoms with Crippen LogP contribution in [-0.4, -0.2) is 37.6 Å². The molecule has 0 aromatic carbocycles. The molecule has 0 aromatic rings. The molecule has 0 saturated carbocycles. The van der Waals surface area contributed by atoms with Gasteiger partial charge in [-0.15, -0.1) is 13.0 Å². The highest BCUT2D eigenvalue weighted by Gasteiger charge is 2.20.